The smallest absolute Gasteiger partial charge is 0.128 e. The maximum absolute atomic E-state index is 5.73. The van der Waals surface area contributed by atoms with Gasteiger partial charge in [0.2, 0.25) is 0 Å². The highest BCUT2D eigenvalue weighted by molar-refractivity contribution is 5.83. The molecule has 0 aliphatic rings. The largest absolute Gasteiger partial charge is 0.487 e. The summed E-state index contributed by atoms with van der Waals surface area (Å²) in [5.41, 5.74) is 3.56. The Morgan fingerprint density at radius 1 is 1.00 bits per heavy atom. The molecule has 0 aliphatic carbocycles. The van der Waals surface area contributed by atoms with E-state index < -0.39 is 0 Å². The summed E-state index contributed by atoms with van der Waals surface area (Å²) >= 11 is 0. The summed E-state index contributed by atoms with van der Waals surface area (Å²) in [5, 5.41) is 1.24. The fourth-order valence-corrected chi connectivity index (χ4v) is 2.12. The Hall–Kier alpha value is -2.22. The van der Waals surface area contributed by atoms with Crippen molar-refractivity contribution in [1.82, 2.24) is 4.98 Å². The van der Waals surface area contributed by atoms with Gasteiger partial charge in [-0.25, -0.2) is 0 Å². The molecular formula is C16H15NO. The normalized spacial score (nSPS) is 10.7. The van der Waals surface area contributed by atoms with Gasteiger partial charge in [-0.3, -0.25) is 0 Å². The van der Waals surface area contributed by atoms with Crippen molar-refractivity contribution < 1.29 is 4.74 Å². The van der Waals surface area contributed by atoms with Crippen LogP contribution in [0.25, 0.3) is 10.9 Å². The number of hydrogen-bond acceptors (Lipinski definition) is 1. The van der Waals surface area contributed by atoms with E-state index in [0.717, 1.165) is 11.4 Å². The van der Waals surface area contributed by atoms with Crippen LogP contribution in [0.4, 0.5) is 0 Å². The van der Waals surface area contributed by atoms with E-state index in [4.69, 9.17) is 4.74 Å². The average molecular weight is 237 g/mol. The van der Waals surface area contributed by atoms with Gasteiger partial charge in [0.15, 0.2) is 0 Å². The zero-order chi connectivity index (χ0) is 12.4. The SMILES string of the molecule is Cc1cccc2cc(COc3ccccc3)[nH]c12. The standard InChI is InChI=1S/C16H15NO/c1-12-6-5-7-13-10-14(17-16(12)13)11-18-15-8-3-2-4-9-15/h2-10,17H,11H2,1H3. The van der Waals surface area contributed by atoms with Crippen molar-refractivity contribution in [2.24, 2.45) is 0 Å². The van der Waals surface area contributed by atoms with Crippen LogP contribution in [0, 0.1) is 6.92 Å². The van der Waals surface area contributed by atoms with E-state index in [0.29, 0.717) is 6.61 Å². The predicted molar refractivity (Wildman–Crippen MR) is 73.8 cm³/mol. The van der Waals surface area contributed by atoms with E-state index in [1.54, 1.807) is 0 Å². The van der Waals surface area contributed by atoms with Crippen LogP contribution in [0.15, 0.2) is 54.6 Å². The highest BCUT2D eigenvalue weighted by atomic mass is 16.5. The summed E-state index contributed by atoms with van der Waals surface area (Å²) in [7, 11) is 0. The van der Waals surface area contributed by atoms with Gasteiger partial charge in [0.05, 0.1) is 5.69 Å². The van der Waals surface area contributed by atoms with Crippen molar-refractivity contribution in [1.29, 1.82) is 0 Å². The first kappa shape index (κ1) is 10.9. The van der Waals surface area contributed by atoms with Gasteiger partial charge >= 0.3 is 0 Å². The Kier molecular flexibility index (Phi) is 2.77. The van der Waals surface area contributed by atoms with Crippen LogP contribution in [0.2, 0.25) is 0 Å². The first-order valence-corrected chi connectivity index (χ1v) is 6.08. The molecule has 0 bridgehead atoms. The monoisotopic (exact) mass is 237 g/mol. The minimum absolute atomic E-state index is 0.568. The Balaban J connectivity index is 1.81. The number of para-hydroxylation sites is 2. The molecule has 0 saturated heterocycles. The van der Waals surface area contributed by atoms with Gasteiger partial charge < -0.3 is 9.72 Å². The third kappa shape index (κ3) is 2.09. The molecule has 0 unspecified atom stereocenters. The number of benzene rings is 2. The summed E-state index contributed by atoms with van der Waals surface area (Å²) in [5.74, 6) is 0.896. The molecular weight excluding hydrogens is 222 g/mol. The van der Waals surface area contributed by atoms with E-state index in [2.05, 4.69) is 36.2 Å². The van der Waals surface area contributed by atoms with Crippen molar-refractivity contribution in [3.05, 3.63) is 65.9 Å². The number of ether oxygens (including phenoxy) is 1. The quantitative estimate of drug-likeness (QED) is 0.730. The molecule has 0 spiro atoms. The topological polar surface area (TPSA) is 25.0 Å². The number of aromatic nitrogens is 1. The van der Waals surface area contributed by atoms with Crippen LogP contribution in [-0.4, -0.2) is 4.98 Å². The molecule has 3 rings (SSSR count). The second-order valence-electron chi connectivity index (χ2n) is 4.44. The number of H-pyrrole nitrogens is 1. The molecule has 2 nitrogen and oxygen atoms in total. The van der Waals surface area contributed by atoms with Gasteiger partial charge in [-0.2, -0.15) is 0 Å². The van der Waals surface area contributed by atoms with Gasteiger partial charge in [0.1, 0.15) is 12.4 Å². The third-order valence-electron chi connectivity index (χ3n) is 3.06. The van der Waals surface area contributed by atoms with Crippen molar-refractivity contribution in [3.63, 3.8) is 0 Å². The Morgan fingerprint density at radius 3 is 2.61 bits per heavy atom. The van der Waals surface area contributed by atoms with Crippen molar-refractivity contribution >= 4 is 10.9 Å². The van der Waals surface area contributed by atoms with Gasteiger partial charge in [0, 0.05) is 10.9 Å². The molecule has 0 aliphatic heterocycles. The summed E-state index contributed by atoms with van der Waals surface area (Å²) in [6.07, 6.45) is 0. The molecule has 0 amide bonds. The van der Waals surface area contributed by atoms with Crippen LogP contribution in [0.5, 0.6) is 5.75 Å². The number of fused-ring (bicyclic) bond motifs is 1. The summed E-state index contributed by atoms with van der Waals surface area (Å²) in [6, 6.07) is 18.3. The molecule has 2 heteroatoms. The van der Waals surface area contributed by atoms with E-state index in [1.807, 2.05) is 30.3 Å². The zero-order valence-electron chi connectivity index (χ0n) is 10.3. The highest BCUT2D eigenvalue weighted by Crippen LogP contribution is 2.20. The van der Waals surface area contributed by atoms with E-state index in [9.17, 15) is 0 Å². The summed E-state index contributed by atoms with van der Waals surface area (Å²) in [4.78, 5) is 3.41. The molecule has 18 heavy (non-hydrogen) atoms. The fourth-order valence-electron chi connectivity index (χ4n) is 2.12. The third-order valence-corrected chi connectivity index (χ3v) is 3.06. The first-order chi connectivity index (χ1) is 8.83. The van der Waals surface area contributed by atoms with E-state index in [1.165, 1.54) is 16.5 Å². The number of nitrogens with one attached hydrogen (secondary N) is 1. The Morgan fingerprint density at radius 2 is 1.83 bits per heavy atom. The van der Waals surface area contributed by atoms with Gasteiger partial charge in [-0.05, 0) is 30.7 Å². The Labute approximate surface area is 106 Å². The molecule has 1 aromatic heterocycles. The molecule has 2 aromatic carbocycles. The second-order valence-corrected chi connectivity index (χ2v) is 4.44. The van der Waals surface area contributed by atoms with Crippen LogP contribution in [0.1, 0.15) is 11.3 Å². The molecule has 0 saturated carbocycles. The summed E-state index contributed by atoms with van der Waals surface area (Å²) < 4.78 is 5.73. The average Bonchev–Trinajstić information content (AvgIpc) is 2.82. The van der Waals surface area contributed by atoms with Gasteiger partial charge in [-0.1, -0.05) is 36.4 Å². The minimum atomic E-state index is 0.568. The number of rotatable bonds is 3. The highest BCUT2D eigenvalue weighted by Gasteiger charge is 2.03. The predicted octanol–water partition coefficient (Wildman–Crippen LogP) is 4.06. The van der Waals surface area contributed by atoms with Gasteiger partial charge in [-0.15, -0.1) is 0 Å². The molecule has 1 heterocycles. The van der Waals surface area contributed by atoms with Crippen molar-refractivity contribution in [2.75, 3.05) is 0 Å². The first-order valence-electron chi connectivity index (χ1n) is 6.08. The van der Waals surface area contributed by atoms with E-state index in [-0.39, 0.29) is 0 Å². The summed E-state index contributed by atoms with van der Waals surface area (Å²) in [6.45, 7) is 2.68. The molecule has 0 atom stereocenters. The number of aryl methyl sites for hydroxylation is 1. The molecule has 90 valence electrons. The van der Waals surface area contributed by atoms with Crippen LogP contribution >= 0.6 is 0 Å². The molecule has 0 radical (unpaired) electrons. The molecule has 1 N–H and O–H groups in total. The van der Waals surface area contributed by atoms with Crippen molar-refractivity contribution in [2.45, 2.75) is 13.5 Å². The Bertz CT molecular complexity index is 655. The van der Waals surface area contributed by atoms with E-state index >= 15 is 0 Å². The zero-order valence-corrected chi connectivity index (χ0v) is 10.3. The van der Waals surface area contributed by atoms with Crippen LogP contribution in [-0.2, 0) is 6.61 Å². The maximum Gasteiger partial charge on any atom is 0.128 e. The van der Waals surface area contributed by atoms with Crippen molar-refractivity contribution in [3.8, 4) is 5.75 Å². The van der Waals surface area contributed by atoms with Crippen LogP contribution < -0.4 is 4.74 Å². The number of hydrogen-bond donors (Lipinski definition) is 1. The lowest BCUT2D eigenvalue weighted by molar-refractivity contribution is 0.302. The second kappa shape index (κ2) is 4.57. The van der Waals surface area contributed by atoms with Gasteiger partial charge in [0.25, 0.3) is 0 Å². The lowest BCUT2D eigenvalue weighted by atomic mass is 10.2. The fraction of sp³-hybridized carbons (Fsp3) is 0.125. The van der Waals surface area contributed by atoms with Crippen LogP contribution in [0.3, 0.4) is 0 Å². The number of aromatic amines is 1. The maximum atomic E-state index is 5.73. The molecule has 3 aromatic rings. The minimum Gasteiger partial charge on any atom is -0.487 e. The lowest BCUT2D eigenvalue weighted by Crippen LogP contribution is -1.94. The molecule has 0 fully saturated rings. The lowest BCUT2D eigenvalue weighted by Gasteiger charge is -2.03.